The molecule has 2 aromatic heterocycles. The smallest absolute Gasteiger partial charge is 0.348 e. The molecular weight excluding hydrogens is 388 g/mol. The molecule has 29 heavy (non-hydrogen) atoms. The van der Waals surface area contributed by atoms with E-state index in [4.69, 9.17) is 4.74 Å². The summed E-state index contributed by atoms with van der Waals surface area (Å²) in [6.45, 7) is 0.319. The first-order chi connectivity index (χ1) is 14.0. The van der Waals surface area contributed by atoms with E-state index in [1.54, 1.807) is 13.1 Å². The number of carbonyl (C=O) groups is 1. The maximum Gasteiger partial charge on any atom is 0.348 e. The Bertz CT molecular complexity index is 1290. The second kappa shape index (κ2) is 7.89. The van der Waals surface area contributed by atoms with Crippen LogP contribution in [0.4, 0.5) is 0 Å². The highest BCUT2D eigenvalue weighted by atomic mass is 32.1. The van der Waals surface area contributed by atoms with Gasteiger partial charge in [0.1, 0.15) is 16.2 Å². The number of carbonyl (C=O) groups excluding carboxylic acids is 1. The van der Waals surface area contributed by atoms with Crippen LogP contribution in [0.5, 0.6) is 0 Å². The van der Waals surface area contributed by atoms with Crippen LogP contribution >= 0.6 is 11.3 Å². The zero-order valence-corrected chi connectivity index (χ0v) is 16.5. The molecule has 6 nitrogen and oxygen atoms in total. The van der Waals surface area contributed by atoms with Gasteiger partial charge < -0.3 is 4.74 Å². The predicted octanol–water partition coefficient (Wildman–Crippen LogP) is 3.17. The Labute approximate surface area is 170 Å². The first-order valence-electron chi connectivity index (χ1n) is 9.03. The fourth-order valence-electron chi connectivity index (χ4n) is 3.08. The quantitative estimate of drug-likeness (QED) is 0.478. The Kier molecular flexibility index (Phi) is 5.14. The molecule has 0 N–H and O–H groups in total. The number of hydrogen-bond acceptors (Lipinski definition) is 5. The third kappa shape index (κ3) is 3.77. The van der Waals surface area contributed by atoms with Crippen molar-refractivity contribution in [3.8, 4) is 0 Å². The van der Waals surface area contributed by atoms with E-state index >= 15 is 0 Å². The van der Waals surface area contributed by atoms with Crippen LogP contribution in [0.2, 0.25) is 0 Å². The maximum absolute atomic E-state index is 12.9. The number of benzene rings is 2. The van der Waals surface area contributed by atoms with Gasteiger partial charge in [-0.15, -0.1) is 11.3 Å². The van der Waals surface area contributed by atoms with Crippen molar-refractivity contribution in [2.24, 2.45) is 7.05 Å². The Morgan fingerprint density at radius 1 is 0.966 bits per heavy atom. The molecule has 0 unspecified atom stereocenters. The molecule has 2 heterocycles. The molecule has 4 rings (SSSR count). The summed E-state index contributed by atoms with van der Waals surface area (Å²) < 4.78 is 8.29. The molecule has 0 radical (unpaired) electrons. The normalized spacial score (nSPS) is 10.9. The van der Waals surface area contributed by atoms with Crippen LogP contribution in [0.3, 0.4) is 0 Å². The van der Waals surface area contributed by atoms with Gasteiger partial charge in [-0.05, 0) is 17.2 Å². The summed E-state index contributed by atoms with van der Waals surface area (Å²) in [5, 5.41) is 0. The monoisotopic (exact) mass is 406 g/mol. The molecule has 0 saturated carbocycles. The standard InChI is InChI=1S/C22H18N2O4S/c1-23-17-12-18(21(26)28-14-16-10-6-3-7-11-16)29-19(17)20(25)24(22(23)27)13-15-8-4-2-5-9-15/h2-12H,13-14H2,1H3. The number of hydrogen-bond donors (Lipinski definition) is 0. The molecule has 4 aromatic rings. The molecule has 0 aliphatic carbocycles. The van der Waals surface area contributed by atoms with Crippen molar-refractivity contribution < 1.29 is 9.53 Å². The number of nitrogens with zero attached hydrogens (tertiary/aromatic N) is 2. The zero-order chi connectivity index (χ0) is 20.4. The van der Waals surface area contributed by atoms with E-state index in [0.717, 1.165) is 22.5 Å². The molecule has 0 amide bonds. The molecule has 0 fully saturated rings. The SMILES string of the molecule is Cn1c(=O)n(Cc2ccccc2)c(=O)c2sc(C(=O)OCc3ccccc3)cc21. The van der Waals surface area contributed by atoms with Crippen LogP contribution in [-0.2, 0) is 24.9 Å². The topological polar surface area (TPSA) is 70.3 Å². The van der Waals surface area contributed by atoms with E-state index in [-0.39, 0.29) is 13.2 Å². The summed E-state index contributed by atoms with van der Waals surface area (Å²) in [4.78, 5) is 38.4. The molecule has 2 aromatic carbocycles. The minimum absolute atomic E-state index is 0.144. The lowest BCUT2D eigenvalue weighted by atomic mass is 10.2. The van der Waals surface area contributed by atoms with Crippen molar-refractivity contribution >= 4 is 27.5 Å². The molecule has 0 saturated heterocycles. The van der Waals surface area contributed by atoms with Crippen LogP contribution in [0.15, 0.2) is 76.3 Å². The van der Waals surface area contributed by atoms with Gasteiger partial charge in [0, 0.05) is 7.05 Å². The molecule has 0 aliphatic heterocycles. The van der Waals surface area contributed by atoms with Gasteiger partial charge in [-0.3, -0.25) is 13.9 Å². The third-order valence-electron chi connectivity index (χ3n) is 4.63. The fraction of sp³-hybridized carbons (Fsp3) is 0.136. The predicted molar refractivity (Wildman–Crippen MR) is 112 cm³/mol. The molecule has 0 atom stereocenters. The zero-order valence-electron chi connectivity index (χ0n) is 15.7. The summed E-state index contributed by atoms with van der Waals surface area (Å²) in [5.41, 5.74) is 1.33. The highest BCUT2D eigenvalue weighted by Crippen LogP contribution is 2.22. The number of aromatic nitrogens is 2. The molecule has 0 bridgehead atoms. The number of thiophene rings is 1. The van der Waals surface area contributed by atoms with E-state index in [9.17, 15) is 14.4 Å². The van der Waals surface area contributed by atoms with Crippen LogP contribution in [0.25, 0.3) is 10.2 Å². The van der Waals surface area contributed by atoms with Gasteiger partial charge in [0.2, 0.25) is 0 Å². The Hall–Kier alpha value is -3.45. The molecule has 146 valence electrons. The van der Waals surface area contributed by atoms with Gasteiger partial charge >= 0.3 is 11.7 Å². The van der Waals surface area contributed by atoms with Gasteiger partial charge in [0.25, 0.3) is 5.56 Å². The second-order valence-electron chi connectivity index (χ2n) is 6.61. The van der Waals surface area contributed by atoms with Gasteiger partial charge in [0.05, 0.1) is 12.1 Å². The van der Waals surface area contributed by atoms with Crippen LogP contribution in [0, 0.1) is 0 Å². The summed E-state index contributed by atoms with van der Waals surface area (Å²) >= 11 is 1.05. The van der Waals surface area contributed by atoms with Crippen LogP contribution in [0.1, 0.15) is 20.8 Å². The number of aryl methyl sites for hydroxylation is 1. The van der Waals surface area contributed by atoms with E-state index in [1.165, 1.54) is 9.13 Å². The van der Waals surface area contributed by atoms with Crippen molar-refractivity contribution in [1.82, 2.24) is 9.13 Å². The molecule has 7 heteroatoms. The molecule has 0 aliphatic rings. The van der Waals surface area contributed by atoms with E-state index in [0.29, 0.717) is 15.1 Å². The lowest BCUT2D eigenvalue weighted by Crippen LogP contribution is -2.38. The van der Waals surface area contributed by atoms with Crippen molar-refractivity contribution in [2.45, 2.75) is 13.2 Å². The first kappa shape index (κ1) is 18.9. The fourth-order valence-corrected chi connectivity index (χ4v) is 4.11. The highest BCUT2D eigenvalue weighted by Gasteiger charge is 2.18. The first-order valence-corrected chi connectivity index (χ1v) is 9.84. The Morgan fingerprint density at radius 2 is 1.59 bits per heavy atom. The van der Waals surface area contributed by atoms with Gasteiger partial charge in [-0.25, -0.2) is 9.59 Å². The third-order valence-corrected chi connectivity index (χ3v) is 5.72. The summed E-state index contributed by atoms with van der Waals surface area (Å²) in [6.07, 6.45) is 0. The molecular formula is C22H18N2O4S. The lowest BCUT2D eigenvalue weighted by molar-refractivity contribution is 0.0478. The number of esters is 1. The summed E-state index contributed by atoms with van der Waals surface area (Å²) in [7, 11) is 1.59. The minimum atomic E-state index is -0.517. The Balaban J connectivity index is 1.67. The van der Waals surface area contributed by atoms with Crippen molar-refractivity contribution in [3.05, 3.63) is 104 Å². The van der Waals surface area contributed by atoms with E-state index in [2.05, 4.69) is 0 Å². The Morgan fingerprint density at radius 3 is 2.24 bits per heavy atom. The number of rotatable bonds is 5. The number of ether oxygens (including phenoxy) is 1. The minimum Gasteiger partial charge on any atom is -0.457 e. The van der Waals surface area contributed by atoms with Crippen molar-refractivity contribution in [2.75, 3.05) is 0 Å². The average molecular weight is 406 g/mol. The highest BCUT2D eigenvalue weighted by molar-refractivity contribution is 7.20. The van der Waals surface area contributed by atoms with E-state index < -0.39 is 17.2 Å². The average Bonchev–Trinajstić information content (AvgIpc) is 3.21. The van der Waals surface area contributed by atoms with Crippen molar-refractivity contribution in [3.63, 3.8) is 0 Å². The lowest BCUT2D eigenvalue weighted by Gasteiger charge is -2.08. The maximum atomic E-state index is 12.9. The van der Waals surface area contributed by atoms with Gasteiger partial charge in [-0.2, -0.15) is 0 Å². The van der Waals surface area contributed by atoms with Crippen molar-refractivity contribution in [1.29, 1.82) is 0 Å². The van der Waals surface area contributed by atoms with Gasteiger partial charge in [-0.1, -0.05) is 60.7 Å². The summed E-state index contributed by atoms with van der Waals surface area (Å²) in [6, 6.07) is 20.2. The number of fused-ring (bicyclic) bond motifs is 1. The van der Waals surface area contributed by atoms with E-state index in [1.807, 2.05) is 60.7 Å². The largest absolute Gasteiger partial charge is 0.457 e. The summed E-state index contributed by atoms with van der Waals surface area (Å²) in [5.74, 6) is -0.517. The van der Waals surface area contributed by atoms with Crippen LogP contribution < -0.4 is 11.2 Å². The van der Waals surface area contributed by atoms with Gasteiger partial charge in [0.15, 0.2) is 0 Å². The molecule has 0 spiro atoms. The second-order valence-corrected chi connectivity index (χ2v) is 7.66. The van der Waals surface area contributed by atoms with Crippen LogP contribution in [-0.4, -0.2) is 15.1 Å².